The Hall–Kier alpha value is -4.01. The number of hydrogen-bond donors (Lipinski definition) is 0. The number of aryl methyl sites for hydroxylation is 1. The largest absolute Gasteiger partial charge is 0.489 e. The predicted octanol–water partition coefficient (Wildman–Crippen LogP) is 3.52. The topological polar surface area (TPSA) is 99.2 Å². The SMILES string of the molecule is CN1C(=O)CC[C@@H](c2nc(-c3ccc(OCc4cccnc4)cc3)no2)[C@@H]1c1cnn(C)c1. The Morgan fingerprint density at radius 3 is 2.73 bits per heavy atom. The molecule has 1 aliphatic rings. The molecular formula is C24H24N6O3. The van der Waals surface area contributed by atoms with Gasteiger partial charge in [-0.1, -0.05) is 11.2 Å². The fourth-order valence-electron chi connectivity index (χ4n) is 4.20. The van der Waals surface area contributed by atoms with Crippen molar-refractivity contribution >= 4 is 5.91 Å². The highest BCUT2D eigenvalue weighted by Crippen LogP contribution is 2.42. The predicted molar refractivity (Wildman–Crippen MR) is 119 cm³/mol. The lowest BCUT2D eigenvalue weighted by Crippen LogP contribution is -2.39. The molecule has 4 heterocycles. The fraction of sp³-hybridized carbons (Fsp3) is 0.292. The van der Waals surface area contributed by atoms with Gasteiger partial charge in [0, 0.05) is 55.8 Å². The molecular weight excluding hydrogens is 420 g/mol. The van der Waals surface area contributed by atoms with Crippen molar-refractivity contribution in [1.82, 2.24) is 29.8 Å². The van der Waals surface area contributed by atoms with Gasteiger partial charge < -0.3 is 14.2 Å². The van der Waals surface area contributed by atoms with Crippen LogP contribution in [0.25, 0.3) is 11.4 Å². The van der Waals surface area contributed by atoms with E-state index in [9.17, 15) is 4.79 Å². The molecule has 0 saturated carbocycles. The van der Waals surface area contributed by atoms with Crippen LogP contribution < -0.4 is 4.74 Å². The van der Waals surface area contributed by atoms with E-state index in [2.05, 4.69) is 20.2 Å². The van der Waals surface area contributed by atoms with Gasteiger partial charge in [-0.25, -0.2) is 0 Å². The van der Waals surface area contributed by atoms with Gasteiger partial charge in [-0.2, -0.15) is 10.1 Å². The van der Waals surface area contributed by atoms with Crippen molar-refractivity contribution in [2.75, 3.05) is 7.05 Å². The van der Waals surface area contributed by atoms with Gasteiger partial charge >= 0.3 is 0 Å². The maximum absolute atomic E-state index is 12.4. The number of amides is 1. The molecule has 3 aromatic heterocycles. The van der Waals surface area contributed by atoms with Crippen molar-refractivity contribution in [1.29, 1.82) is 0 Å². The van der Waals surface area contributed by atoms with Crippen LogP contribution in [0.3, 0.4) is 0 Å². The molecule has 0 unspecified atom stereocenters. The Bertz CT molecular complexity index is 1230. The zero-order valence-electron chi connectivity index (χ0n) is 18.5. The van der Waals surface area contributed by atoms with E-state index in [0.29, 0.717) is 31.2 Å². The van der Waals surface area contributed by atoms with Crippen LogP contribution in [-0.2, 0) is 18.4 Å². The van der Waals surface area contributed by atoms with E-state index in [1.807, 2.05) is 56.7 Å². The lowest BCUT2D eigenvalue weighted by molar-refractivity contribution is -0.135. The minimum absolute atomic E-state index is 0.0970. The number of nitrogens with zero attached hydrogens (tertiary/aromatic N) is 6. The third-order valence-electron chi connectivity index (χ3n) is 5.93. The van der Waals surface area contributed by atoms with Crippen LogP contribution >= 0.6 is 0 Å². The van der Waals surface area contributed by atoms with Crippen molar-refractivity contribution in [2.24, 2.45) is 7.05 Å². The lowest BCUT2D eigenvalue weighted by Gasteiger charge is -2.36. The first-order valence-corrected chi connectivity index (χ1v) is 10.8. The molecule has 0 aliphatic carbocycles. The molecule has 1 aromatic carbocycles. The van der Waals surface area contributed by atoms with Crippen LogP contribution in [-0.4, -0.2) is 42.8 Å². The smallest absolute Gasteiger partial charge is 0.232 e. The molecule has 0 N–H and O–H groups in total. The van der Waals surface area contributed by atoms with Crippen LogP contribution in [0.4, 0.5) is 0 Å². The molecule has 4 aromatic rings. The van der Waals surface area contributed by atoms with Crippen LogP contribution in [0.1, 0.15) is 41.8 Å². The normalized spacial score (nSPS) is 18.5. The summed E-state index contributed by atoms with van der Waals surface area (Å²) in [5.74, 6) is 1.78. The van der Waals surface area contributed by atoms with Crippen molar-refractivity contribution in [3.8, 4) is 17.1 Å². The van der Waals surface area contributed by atoms with Crippen molar-refractivity contribution in [2.45, 2.75) is 31.4 Å². The number of hydrogen-bond acceptors (Lipinski definition) is 7. The fourth-order valence-corrected chi connectivity index (χ4v) is 4.20. The van der Waals surface area contributed by atoms with Gasteiger partial charge in [0.1, 0.15) is 12.4 Å². The van der Waals surface area contributed by atoms with E-state index in [1.165, 1.54) is 0 Å². The van der Waals surface area contributed by atoms with Gasteiger partial charge in [0.15, 0.2) is 0 Å². The highest BCUT2D eigenvalue weighted by Gasteiger charge is 2.39. The van der Waals surface area contributed by atoms with Gasteiger partial charge in [0.2, 0.25) is 17.6 Å². The first kappa shape index (κ1) is 20.9. The second-order valence-electron chi connectivity index (χ2n) is 8.17. The number of piperidine rings is 1. The Morgan fingerprint density at radius 2 is 2.00 bits per heavy atom. The lowest BCUT2D eigenvalue weighted by atomic mass is 9.85. The minimum atomic E-state index is -0.198. The number of carbonyl (C=O) groups is 1. The molecule has 33 heavy (non-hydrogen) atoms. The number of pyridine rings is 1. The number of carbonyl (C=O) groups excluding carboxylic acids is 1. The molecule has 0 bridgehead atoms. The second-order valence-corrected chi connectivity index (χ2v) is 8.17. The summed E-state index contributed by atoms with van der Waals surface area (Å²) >= 11 is 0. The number of likely N-dealkylation sites (N-methyl/N-ethyl adjacent to an activating group) is 1. The molecule has 0 spiro atoms. The molecule has 9 nitrogen and oxygen atoms in total. The molecule has 2 atom stereocenters. The van der Waals surface area contributed by atoms with E-state index in [0.717, 1.165) is 22.4 Å². The molecule has 1 aliphatic heterocycles. The Labute approximate surface area is 191 Å². The van der Waals surface area contributed by atoms with Gasteiger partial charge in [-0.05, 0) is 36.8 Å². The summed E-state index contributed by atoms with van der Waals surface area (Å²) in [5, 5.41) is 8.47. The van der Waals surface area contributed by atoms with Crippen molar-refractivity contribution < 1.29 is 14.1 Å². The number of ether oxygens (including phenoxy) is 1. The molecule has 5 rings (SSSR count). The average Bonchev–Trinajstić information content (AvgIpc) is 3.50. The molecule has 168 valence electrons. The highest BCUT2D eigenvalue weighted by atomic mass is 16.5. The summed E-state index contributed by atoms with van der Waals surface area (Å²) < 4.78 is 13.2. The van der Waals surface area contributed by atoms with E-state index >= 15 is 0 Å². The molecule has 1 amide bonds. The van der Waals surface area contributed by atoms with Crippen LogP contribution in [0.15, 0.2) is 65.7 Å². The second kappa shape index (κ2) is 8.85. The average molecular weight is 444 g/mol. The number of likely N-dealkylation sites (tertiary alicyclic amines) is 1. The van der Waals surface area contributed by atoms with Gasteiger partial charge in [-0.15, -0.1) is 0 Å². The standard InChI is InChI=1S/C24H24N6O3/c1-29-14-18(13-26-29)22-20(9-10-21(31)30(22)2)24-27-23(28-33-24)17-5-7-19(8-6-17)32-15-16-4-3-11-25-12-16/h3-8,11-14,20,22H,9-10,15H2,1-2H3/t20-,22+/m1/s1. The number of rotatable bonds is 6. The van der Waals surface area contributed by atoms with Crippen molar-refractivity contribution in [3.05, 3.63) is 78.2 Å². The van der Waals surface area contributed by atoms with Crippen LogP contribution in [0.2, 0.25) is 0 Å². The summed E-state index contributed by atoms with van der Waals surface area (Å²) in [4.78, 5) is 22.9. The maximum Gasteiger partial charge on any atom is 0.232 e. The molecule has 0 radical (unpaired) electrons. The Kier molecular flexibility index (Phi) is 5.60. The Balaban J connectivity index is 1.33. The first-order chi connectivity index (χ1) is 16.1. The van der Waals surface area contributed by atoms with Crippen LogP contribution in [0.5, 0.6) is 5.75 Å². The van der Waals surface area contributed by atoms with Gasteiger partial charge in [0.25, 0.3) is 0 Å². The summed E-state index contributed by atoms with van der Waals surface area (Å²) in [7, 11) is 3.67. The van der Waals surface area contributed by atoms with Gasteiger partial charge in [-0.3, -0.25) is 14.5 Å². The summed E-state index contributed by atoms with van der Waals surface area (Å²) in [5.41, 5.74) is 2.79. The number of aromatic nitrogens is 5. The van der Waals surface area contributed by atoms with Gasteiger partial charge in [0.05, 0.1) is 18.2 Å². The van der Waals surface area contributed by atoms with E-state index in [1.54, 1.807) is 28.2 Å². The van der Waals surface area contributed by atoms with Crippen molar-refractivity contribution in [3.63, 3.8) is 0 Å². The summed E-state index contributed by atoms with van der Waals surface area (Å²) in [6.45, 7) is 0.448. The monoisotopic (exact) mass is 444 g/mol. The third-order valence-corrected chi connectivity index (χ3v) is 5.93. The quantitative estimate of drug-likeness (QED) is 0.449. The molecule has 1 saturated heterocycles. The van der Waals surface area contributed by atoms with Crippen LogP contribution in [0, 0.1) is 0 Å². The molecule has 1 fully saturated rings. The van der Waals surface area contributed by atoms with E-state index in [-0.39, 0.29) is 17.9 Å². The highest BCUT2D eigenvalue weighted by molar-refractivity contribution is 5.77. The number of benzene rings is 1. The molecule has 9 heteroatoms. The first-order valence-electron chi connectivity index (χ1n) is 10.8. The summed E-state index contributed by atoms with van der Waals surface area (Å²) in [6, 6.07) is 11.2. The summed E-state index contributed by atoms with van der Waals surface area (Å²) in [6.07, 6.45) is 8.32. The zero-order valence-corrected chi connectivity index (χ0v) is 18.5. The minimum Gasteiger partial charge on any atom is -0.489 e. The third kappa shape index (κ3) is 4.34. The zero-order chi connectivity index (χ0) is 22.8. The van der Waals surface area contributed by atoms with E-state index < -0.39 is 0 Å². The Morgan fingerprint density at radius 1 is 1.15 bits per heavy atom. The maximum atomic E-state index is 12.4. The van der Waals surface area contributed by atoms with E-state index in [4.69, 9.17) is 9.26 Å².